The summed E-state index contributed by atoms with van der Waals surface area (Å²) in [5.74, 6) is 0. The lowest BCUT2D eigenvalue weighted by atomic mass is 10.0. The molecule has 2 heteroatoms. The topological polar surface area (TPSA) is 29.3 Å². The summed E-state index contributed by atoms with van der Waals surface area (Å²) in [5.41, 5.74) is 9.46. The van der Waals surface area contributed by atoms with Crippen molar-refractivity contribution in [1.82, 2.24) is 0 Å². The third-order valence-electron chi connectivity index (χ3n) is 2.43. The van der Waals surface area contributed by atoms with E-state index in [9.17, 15) is 0 Å². The molecule has 68 valence electrons. The molecule has 0 radical (unpaired) electrons. The Bertz CT molecular complexity index is 342. The molecule has 2 N–H and O–H groups in total. The summed E-state index contributed by atoms with van der Waals surface area (Å²) in [6, 6.07) is 6.42. The number of hydrogen-bond donors (Lipinski definition) is 1. The quantitative estimate of drug-likeness (QED) is 0.701. The van der Waals surface area contributed by atoms with Crippen molar-refractivity contribution in [2.24, 2.45) is 5.73 Å². The highest BCUT2D eigenvalue weighted by Crippen LogP contribution is 2.25. The Kier molecular flexibility index (Phi) is 2.07. The number of rotatable bonds is 1. The number of nitrogens with two attached hydrogens (primary N) is 1. The maximum atomic E-state index is 5.59. The fraction of sp³-hybridized carbons (Fsp3) is 0.273. The number of hydrogen-bond acceptors (Lipinski definition) is 2. The number of allylic oxidation sites excluding steroid dienone is 1. The van der Waals surface area contributed by atoms with E-state index in [0.29, 0.717) is 6.54 Å². The second-order valence-corrected chi connectivity index (χ2v) is 3.37. The highest BCUT2D eigenvalue weighted by molar-refractivity contribution is 5.59. The van der Waals surface area contributed by atoms with Gasteiger partial charge in [-0.3, -0.25) is 0 Å². The van der Waals surface area contributed by atoms with Crippen LogP contribution in [-0.4, -0.2) is 7.05 Å². The summed E-state index contributed by atoms with van der Waals surface area (Å²) in [5, 5.41) is 0. The van der Waals surface area contributed by atoms with Gasteiger partial charge in [0.1, 0.15) is 0 Å². The van der Waals surface area contributed by atoms with Gasteiger partial charge in [0.25, 0.3) is 0 Å². The largest absolute Gasteiger partial charge is 0.351 e. The lowest BCUT2D eigenvalue weighted by Crippen LogP contribution is -2.14. The molecule has 0 aromatic heterocycles. The Morgan fingerprint density at radius 3 is 3.08 bits per heavy atom. The summed E-state index contributed by atoms with van der Waals surface area (Å²) >= 11 is 0. The summed E-state index contributed by atoms with van der Waals surface area (Å²) in [6.07, 6.45) is 5.29. The summed E-state index contributed by atoms with van der Waals surface area (Å²) in [4.78, 5) is 2.14. The predicted molar refractivity (Wildman–Crippen MR) is 55.6 cm³/mol. The van der Waals surface area contributed by atoms with Crippen LogP contribution in [0.1, 0.15) is 11.1 Å². The monoisotopic (exact) mass is 174 g/mol. The molecule has 1 aromatic carbocycles. The first-order chi connectivity index (χ1) is 6.31. The third-order valence-corrected chi connectivity index (χ3v) is 2.43. The first-order valence-electron chi connectivity index (χ1n) is 4.52. The molecule has 0 bridgehead atoms. The molecule has 0 aliphatic carbocycles. The Morgan fingerprint density at radius 2 is 2.31 bits per heavy atom. The summed E-state index contributed by atoms with van der Waals surface area (Å²) in [6.45, 7) is 0.626. The van der Waals surface area contributed by atoms with Crippen LogP contribution in [0.3, 0.4) is 0 Å². The van der Waals surface area contributed by atoms with E-state index in [-0.39, 0.29) is 0 Å². The Labute approximate surface area is 78.7 Å². The molecule has 1 aromatic rings. The average Bonchev–Trinajstić information content (AvgIpc) is 2.18. The minimum absolute atomic E-state index is 0.626. The molecule has 1 aliphatic rings. The molecule has 0 amide bonds. The lowest BCUT2D eigenvalue weighted by Gasteiger charge is -2.22. The first kappa shape index (κ1) is 8.32. The molecule has 1 aliphatic heterocycles. The molecule has 0 saturated heterocycles. The number of benzene rings is 1. The summed E-state index contributed by atoms with van der Waals surface area (Å²) in [7, 11) is 2.07. The van der Waals surface area contributed by atoms with E-state index in [1.165, 1.54) is 16.8 Å². The van der Waals surface area contributed by atoms with E-state index < -0.39 is 0 Å². The zero-order valence-corrected chi connectivity index (χ0v) is 7.83. The van der Waals surface area contributed by atoms with Gasteiger partial charge in [0.2, 0.25) is 0 Å². The highest BCUT2D eigenvalue weighted by Gasteiger charge is 2.08. The van der Waals surface area contributed by atoms with Crippen LogP contribution in [0.15, 0.2) is 30.5 Å². The molecule has 0 atom stereocenters. The van der Waals surface area contributed by atoms with Crippen molar-refractivity contribution in [2.75, 3.05) is 11.9 Å². The number of nitrogens with zero attached hydrogens (tertiary/aromatic N) is 1. The molecule has 0 unspecified atom stereocenters. The van der Waals surface area contributed by atoms with Gasteiger partial charge in [-0.15, -0.1) is 0 Å². The third kappa shape index (κ3) is 1.45. The zero-order chi connectivity index (χ0) is 9.26. The van der Waals surface area contributed by atoms with Gasteiger partial charge < -0.3 is 10.6 Å². The molecule has 0 spiro atoms. The van der Waals surface area contributed by atoms with Crippen molar-refractivity contribution in [3.63, 3.8) is 0 Å². The van der Waals surface area contributed by atoms with E-state index in [0.717, 1.165) is 6.42 Å². The van der Waals surface area contributed by atoms with E-state index in [2.05, 4.69) is 42.4 Å². The van der Waals surface area contributed by atoms with Crippen LogP contribution in [0, 0.1) is 0 Å². The molecule has 2 rings (SSSR count). The van der Waals surface area contributed by atoms with Gasteiger partial charge in [0.15, 0.2) is 0 Å². The van der Waals surface area contributed by atoms with E-state index in [1.807, 2.05) is 0 Å². The van der Waals surface area contributed by atoms with E-state index >= 15 is 0 Å². The fourth-order valence-corrected chi connectivity index (χ4v) is 1.69. The number of anilines is 1. The Hall–Kier alpha value is -1.28. The van der Waals surface area contributed by atoms with Gasteiger partial charge in [0.05, 0.1) is 0 Å². The van der Waals surface area contributed by atoms with Crippen molar-refractivity contribution < 1.29 is 0 Å². The van der Waals surface area contributed by atoms with Crippen LogP contribution < -0.4 is 10.6 Å². The van der Waals surface area contributed by atoms with Gasteiger partial charge in [-0.25, -0.2) is 0 Å². The van der Waals surface area contributed by atoms with Gasteiger partial charge in [-0.05, 0) is 23.6 Å². The highest BCUT2D eigenvalue weighted by atomic mass is 15.1. The zero-order valence-electron chi connectivity index (χ0n) is 7.83. The minimum Gasteiger partial charge on any atom is -0.351 e. The molecule has 0 fully saturated rings. The van der Waals surface area contributed by atoms with Crippen LogP contribution in [0.25, 0.3) is 0 Å². The molecular formula is C11H14N2. The smallest absolute Gasteiger partial charge is 0.0439 e. The van der Waals surface area contributed by atoms with Crippen molar-refractivity contribution in [3.05, 3.63) is 41.6 Å². The van der Waals surface area contributed by atoms with Gasteiger partial charge >= 0.3 is 0 Å². The van der Waals surface area contributed by atoms with Crippen LogP contribution in [0.5, 0.6) is 0 Å². The lowest BCUT2D eigenvalue weighted by molar-refractivity contribution is 1.03. The average molecular weight is 174 g/mol. The SMILES string of the molecule is CN1C=CCc2cc(CN)ccc21. The van der Waals surface area contributed by atoms with E-state index in [4.69, 9.17) is 5.73 Å². The molecule has 0 saturated carbocycles. The van der Waals surface area contributed by atoms with E-state index in [1.54, 1.807) is 0 Å². The molecule has 2 nitrogen and oxygen atoms in total. The van der Waals surface area contributed by atoms with Crippen LogP contribution >= 0.6 is 0 Å². The fourth-order valence-electron chi connectivity index (χ4n) is 1.69. The second-order valence-electron chi connectivity index (χ2n) is 3.37. The van der Waals surface area contributed by atoms with Gasteiger partial charge in [-0.1, -0.05) is 18.2 Å². The first-order valence-corrected chi connectivity index (χ1v) is 4.52. The second kappa shape index (κ2) is 3.23. The molecule has 1 heterocycles. The van der Waals surface area contributed by atoms with Crippen LogP contribution in [0.2, 0.25) is 0 Å². The number of fused-ring (bicyclic) bond motifs is 1. The van der Waals surface area contributed by atoms with Crippen LogP contribution in [-0.2, 0) is 13.0 Å². The minimum atomic E-state index is 0.626. The van der Waals surface area contributed by atoms with Gasteiger partial charge in [0, 0.05) is 25.5 Å². The van der Waals surface area contributed by atoms with Crippen molar-refractivity contribution in [3.8, 4) is 0 Å². The Morgan fingerprint density at radius 1 is 1.46 bits per heavy atom. The normalized spacial score (nSPS) is 14.5. The maximum absolute atomic E-state index is 5.59. The Balaban J connectivity index is 2.43. The molecule has 13 heavy (non-hydrogen) atoms. The standard InChI is InChI=1S/C11H14N2/c1-13-6-2-3-10-7-9(8-12)4-5-11(10)13/h2,4-7H,3,8,12H2,1H3. The maximum Gasteiger partial charge on any atom is 0.0439 e. The van der Waals surface area contributed by atoms with Crippen molar-refractivity contribution in [1.29, 1.82) is 0 Å². The van der Waals surface area contributed by atoms with Crippen molar-refractivity contribution >= 4 is 5.69 Å². The van der Waals surface area contributed by atoms with Crippen molar-refractivity contribution in [2.45, 2.75) is 13.0 Å². The predicted octanol–water partition coefficient (Wildman–Crippen LogP) is 1.65. The van der Waals surface area contributed by atoms with Crippen LogP contribution in [0.4, 0.5) is 5.69 Å². The van der Waals surface area contributed by atoms with Gasteiger partial charge in [-0.2, -0.15) is 0 Å². The molecular weight excluding hydrogens is 160 g/mol. The summed E-state index contributed by atoms with van der Waals surface area (Å²) < 4.78 is 0.